The molecule has 0 aliphatic heterocycles. The number of aliphatic carboxylic acids is 1. The molecule has 1 unspecified atom stereocenters. The summed E-state index contributed by atoms with van der Waals surface area (Å²) in [7, 11) is 0. The van der Waals surface area contributed by atoms with Crippen molar-refractivity contribution in [3.8, 4) is 5.69 Å². The molecular weight excluding hydrogens is 318 g/mol. The first-order chi connectivity index (χ1) is 12.1. The van der Waals surface area contributed by atoms with E-state index in [0.29, 0.717) is 25.7 Å². The Labute approximate surface area is 146 Å². The number of carbonyl (C=O) groups excluding carboxylic acids is 1. The van der Waals surface area contributed by atoms with Gasteiger partial charge in [0.05, 0.1) is 17.6 Å². The van der Waals surface area contributed by atoms with Crippen LogP contribution in [0.2, 0.25) is 0 Å². The van der Waals surface area contributed by atoms with E-state index in [-0.39, 0.29) is 23.8 Å². The summed E-state index contributed by atoms with van der Waals surface area (Å²) < 4.78 is 1.79. The molecule has 1 aliphatic carbocycles. The van der Waals surface area contributed by atoms with Gasteiger partial charge >= 0.3 is 5.97 Å². The molecular formula is C19H23N3O3. The van der Waals surface area contributed by atoms with Crippen molar-refractivity contribution in [1.29, 1.82) is 0 Å². The first-order valence-electron chi connectivity index (χ1n) is 8.68. The number of nitrogens with zero attached hydrogens (tertiary/aromatic N) is 2. The lowest BCUT2D eigenvalue weighted by molar-refractivity contribution is -0.144. The second-order valence-electron chi connectivity index (χ2n) is 6.63. The Morgan fingerprint density at radius 3 is 2.48 bits per heavy atom. The summed E-state index contributed by atoms with van der Waals surface area (Å²) in [5.41, 5.74) is 1.94. The van der Waals surface area contributed by atoms with E-state index < -0.39 is 5.97 Å². The van der Waals surface area contributed by atoms with Gasteiger partial charge in [-0.25, -0.2) is 4.68 Å². The van der Waals surface area contributed by atoms with E-state index in [2.05, 4.69) is 10.4 Å². The van der Waals surface area contributed by atoms with Gasteiger partial charge in [-0.05, 0) is 50.3 Å². The highest BCUT2D eigenvalue weighted by Crippen LogP contribution is 2.30. The SMILES string of the molecule is CC(NC(=O)C1CCC(C(=O)O)CC1)c1ccccc1-n1cccn1. The summed E-state index contributed by atoms with van der Waals surface area (Å²) in [6.07, 6.45) is 6.02. The molecule has 2 aromatic rings. The molecule has 0 spiro atoms. The van der Waals surface area contributed by atoms with Gasteiger partial charge in [0.15, 0.2) is 0 Å². The molecule has 1 atom stereocenters. The molecule has 6 nitrogen and oxygen atoms in total. The van der Waals surface area contributed by atoms with Crippen LogP contribution in [-0.2, 0) is 9.59 Å². The van der Waals surface area contributed by atoms with Crippen LogP contribution in [-0.4, -0.2) is 26.8 Å². The lowest BCUT2D eigenvalue weighted by atomic mass is 9.81. The van der Waals surface area contributed by atoms with Gasteiger partial charge in [0.2, 0.25) is 5.91 Å². The van der Waals surface area contributed by atoms with Gasteiger partial charge in [0.25, 0.3) is 0 Å². The molecule has 132 valence electrons. The number of para-hydroxylation sites is 1. The number of hydrogen-bond acceptors (Lipinski definition) is 3. The lowest BCUT2D eigenvalue weighted by Gasteiger charge is -2.27. The third-order valence-corrected chi connectivity index (χ3v) is 4.96. The van der Waals surface area contributed by atoms with Gasteiger partial charge < -0.3 is 10.4 Å². The number of carbonyl (C=O) groups is 2. The van der Waals surface area contributed by atoms with E-state index in [9.17, 15) is 9.59 Å². The number of carboxylic acids is 1. The lowest BCUT2D eigenvalue weighted by Crippen LogP contribution is -2.36. The summed E-state index contributed by atoms with van der Waals surface area (Å²) in [4.78, 5) is 23.6. The van der Waals surface area contributed by atoms with Crippen molar-refractivity contribution in [3.05, 3.63) is 48.3 Å². The normalized spacial score (nSPS) is 21.5. The standard InChI is InChI=1S/C19H23N3O3/c1-13(16-5-2-3-6-17(16)22-12-4-11-20-22)21-18(23)14-7-9-15(10-8-14)19(24)25/h2-6,11-15H,7-10H2,1H3,(H,21,23)(H,24,25). The quantitative estimate of drug-likeness (QED) is 0.876. The van der Waals surface area contributed by atoms with Crippen LogP contribution in [0.15, 0.2) is 42.7 Å². The molecule has 1 aliphatic rings. The average Bonchev–Trinajstić information content (AvgIpc) is 3.16. The number of benzene rings is 1. The summed E-state index contributed by atoms with van der Waals surface area (Å²) in [5.74, 6) is -1.15. The van der Waals surface area contributed by atoms with Crippen molar-refractivity contribution in [2.24, 2.45) is 11.8 Å². The number of carboxylic acid groups (broad SMARTS) is 1. The minimum atomic E-state index is -0.750. The van der Waals surface area contributed by atoms with Crippen LogP contribution in [0.5, 0.6) is 0 Å². The molecule has 0 radical (unpaired) electrons. The zero-order valence-electron chi connectivity index (χ0n) is 14.3. The largest absolute Gasteiger partial charge is 0.481 e. The Morgan fingerprint density at radius 2 is 1.84 bits per heavy atom. The predicted octanol–water partition coefficient (Wildman–Crippen LogP) is 2.94. The van der Waals surface area contributed by atoms with Crippen molar-refractivity contribution in [1.82, 2.24) is 15.1 Å². The minimum absolute atomic E-state index is 0.00612. The van der Waals surface area contributed by atoms with Gasteiger partial charge in [0, 0.05) is 18.3 Å². The molecule has 0 bridgehead atoms. The van der Waals surface area contributed by atoms with Crippen molar-refractivity contribution in [2.75, 3.05) is 0 Å². The first kappa shape index (κ1) is 17.2. The van der Waals surface area contributed by atoms with Gasteiger partial charge in [-0.2, -0.15) is 5.10 Å². The van der Waals surface area contributed by atoms with Crippen LogP contribution in [0.3, 0.4) is 0 Å². The number of hydrogen-bond donors (Lipinski definition) is 2. The molecule has 0 saturated heterocycles. The second-order valence-corrected chi connectivity index (χ2v) is 6.63. The van der Waals surface area contributed by atoms with Crippen LogP contribution in [0.25, 0.3) is 5.69 Å². The Bertz CT molecular complexity index is 734. The van der Waals surface area contributed by atoms with Crippen LogP contribution in [0.4, 0.5) is 0 Å². The Kier molecular flexibility index (Phi) is 5.16. The average molecular weight is 341 g/mol. The maximum Gasteiger partial charge on any atom is 0.306 e. The van der Waals surface area contributed by atoms with E-state index >= 15 is 0 Å². The highest BCUT2D eigenvalue weighted by Gasteiger charge is 2.30. The second kappa shape index (κ2) is 7.51. The highest BCUT2D eigenvalue weighted by atomic mass is 16.4. The van der Waals surface area contributed by atoms with Gasteiger partial charge in [-0.3, -0.25) is 9.59 Å². The van der Waals surface area contributed by atoms with Gasteiger partial charge in [-0.1, -0.05) is 18.2 Å². The first-order valence-corrected chi connectivity index (χ1v) is 8.68. The minimum Gasteiger partial charge on any atom is -0.481 e. The van der Waals surface area contributed by atoms with E-state index in [1.54, 1.807) is 10.9 Å². The van der Waals surface area contributed by atoms with E-state index in [1.807, 2.05) is 43.5 Å². The topological polar surface area (TPSA) is 84.2 Å². The Morgan fingerprint density at radius 1 is 1.16 bits per heavy atom. The van der Waals surface area contributed by atoms with E-state index in [1.165, 1.54) is 0 Å². The molecule has 2 N–H and O–H groups in total. The third-order valence-electron chi connectivity index (χ3n) is 4.96. The maximum absolute atomic E-state index is 12.6. The predicted molar refractivity (Wildman–Crippen MR) is 93.2 cm³/mol. The monoisotopic (exact) mass is 341 g/mol. The van der Waals surface area contributed by atoms with Crippen molar-refractivity contribution in [3.63, 3.8) is 0 Å². The summed E-state index contributed by atoms with van der Waals surface area (Å²) in [5, 5.41) is 16.4. The molecule has 1 amide bonds. The zero-order valence-corrected chi connectivity index (χ0v) is 14.3. The van der Waals surface area contributed by atoms with Crippen molar-refractivity contribution >= 4 is 11.9 Å². The zero-order chi connectivity index (χ0) is 17.8. The van der Waals surface area contributed by atoms with Crippen molar-refractivity contribution < 1.29 is 14.7 Å². The molecule has 6 heteroatoms. The molecule has 1 heterocycles. The number of nitrogens with one attached hydrogen (secondary N) is 1. The third kappa shape index (κ3) is 3.90. The van der Waals surface area contributed by atoms with Crippen LogP contribution < -0.4 is 5.32 Å². The fourth-order valence-corrected chi connectivity index (χ4v) is 3.49. The number of rotatable bonds is 5. The summed E-state index contributed by atoms with van der Waals surface area (Å²) in [6, 6.07) is 9.57. The van der Waals surface area contributed by atoms with Crippen molar-refractivity contribution in [2.45, 2.75) is 38.6 Å². The smallest absolute Gasteiger partial charge is 0.306 e. The van der Waals surface area contributed by atoms with Gasteiger partial charge in [0.1, 0.15) is 0 Å². The highest BCUT2D eigenvalue weighted by molar-refractivity contribution is 5.80. The van der Waals surface area contributed by atoms with Crippen LogP contribution in [0, 0.1) is 11.8 Å². The molecule has 25 heavy (non-hydrogen) atoms. The number of aromatic nitrogens is 2. The molecule has 3 rings (SSSR count). The summed E-state index contributed by atoms with van der Waals surface area (Å²) in [6.45, 7) is 1.96. The van der Waals surface area contributed by atoms with Gasteiger partial charge in [-0.15, -0.1) is 0 Å². The number of amides is 1. The fourth-order valence-electron chi connectivity index (χ4n) is 3.49. The Balaban J connectivity index is 1.66. The van der Waals surface area contributed by atoms with E-state index in [4.69, 9.17) is 5.11 Å². The van der Waals surface area contributed by atoms with Crippen LogP contribution >= 0.6 is 0 Å². The van der Waals surface area contributed by atoms with Crippen LogP contribution in [0.1, 0.15) is 44.2 Å². The summed E-state index contributed by atoms with van der Waals surface area (Å²) >= 11 is 0. The van der Waals surface area contributed by atoms with E-state index in [0.717, 1.165) is 11.3 Å². The molecule has 1 aromatic heterocycles. The molecule has 1 fully saturated rings. The maximum atomic E-state index is 12.6. The Hall–Kier alpha value is -2.63. The molecule has 1 aromatic carbocycles. The fraction of sp³-hybridized carbons (Fsp3) is 0.421. The molecule has 1 saturated carbocycles.